The molecule has 1 N–H and O–H groups in total. The van der Waals surface area contributed by atoms with Crippen molar-refractivity contribution in [2.45, 2.75) is 32.5 Å². The Morgan fingerprint density at radius 1 is 1.08 bits per heavy atom. The van der Waals surface area contributed by atoms with E-state index in [0.29, 0.717) is 5.56 Å². The summed E-state index contributed by atoms with van der Waals surface area (Å²) in [6.45, 7) is 3.13. The second kappa shape index (κ2) is 10.2. The lowest BCUT2D eigenvalue weighted by atomic mass is 10.1. The van der Waals surface area contributed by atoms with E-state index in [-0.39, 0.29) is 19.6 Å². The van der Waals surface area contributed by atoms with E-state index in [1.165, 1.54) is 0 Å². The van der Waals surface area contributed by atoms with Crippen molar-refractivity contribution in [3.8, 4) is 0 Å². The molecule has 0 aliphatic heterocycles. The fourth-order valence-corrected chi connectivity index (χ4v) is 2.38. The number of carbonyl (C=O) groups excluding carboxylic acids is 3. The Balaban J connectivity index is 2.83. The van der Waals surface area contributed by atoms with Crippen molar-refractivity contribution in [1.29, 1.82) is 0 Å². The summed E-state index contributed by atoms with van der Waals surface area (Å²) in [6, 6.07) is 7.15. The summed E-state index contributed by atoms with van der Waals surface area (Å²) in [4.78, 5) is 35.6. The molecular weight excluding hydrogens is 431 g/mol. The first-order valence-corrected chi connectivity index (χ1v) is 8.42. The summed E-state index contributed by atoms with van der Waals surface area (Å²) < 4.78 is 15.2. The average molecular weight is 450 g/mol. The first kappa shape index (κ1) is 20.4. The standard InChI is InChI=1S/C16H19IO7/c1-3-22-15(20)13(19)14(16(21)23-4-2)24-12(18)9-10-7-5-6-8-11(10)17/h5-8,13-14,19H,3-4,9H2,1-2H3/t13-,14-/m1/s1. The second-order valence-electron chi connectivity index (χ2n) is 4.63. The van der Waals surface area contributed by atoms with Gasteiger partial charge in [0.1, 0.15) is 0 Å². The molecule has 1 rings (SSSR count). The molecular formula is C16H19IO7. The number of rotatable bonds is 8. The van der Waals surface area contributed by atoms with Gasteiger partial charge in [-0.25, -0.2) is 9.59 Å². The molecule has 7 nitrogen and oxygen atoms in total. The average Bonchev–Trinajstić information content (AvgIpc) is 2.54. The number of carbonyl (C=O) groups is 3. The van der Waals surface area contributed by atoms with Crippen LogP contribution >= 0.6 is 22.6 Å². The van der Waals surface area contributed by atoms with Gasteiger partial charge in [0.15, 0.2) is 6.10 Å². The zero-order valence-electron chi connectivity index (χ0n) is 13.4. The number of ether oxygens (including phenoxy) is 3. The van der Waals surface area contributed by atoms with Gasteiger partial charge >= 0.3 is 17.9 Å². The predicted octanol–water partition coefficient (Wildman–Crippen LogP) is 1.23. The van der Waals surface area contributed by atoms with Crippen molar-refractivity contribution in [2.24, 2.45) is 0 Å². The van der Waals surface area contributed by atoms with E-state index >= 15 is 0 Å². The number of esters is 3. The Bertz CT molecular complexity index is 588. The van der Waals surface area contributed by atoms with Gasteiger partial charge in [0.25, 0.3) is 0 Å². The van der Waals surface area contributed by atoms with Crippen LogP contribution in [0.3, 0.4) is 0 Å². The van der Waals surface area contributed by atoms with E-state index in [2.05, 4.69) is 27.3 Å². The molecule has 2 atom stereocenters. The maximum Gasteiger partial charge on any atom is 0.350 e. The van der Waals surface area contributed by atoms with Crippen molar-refractivity contribution < 1.29 is 33.7 Å². The van der Waals surface area contributed by atoms with Crippen molar-refractivity contribution in [1.82, 2.24) is 0 Å². The Kier molecular flexibility index (Phi) is 8.69. The van der Waals surface area contributed by atoms with Crippen LogP contribution in [0.5, 0.6) is 0 Å². The van der Waals surface area contributed by atoms with Crippen LogP contribution in [0.4, 0.5) is 0 Å². The Hall–Kier alpha value is -1.68. The van der Waals surface area contributed by atoms with Gasteiger partial charge in [0, 0.05) is 3.57 Å². The second-order valence-corrected chi connectivity index (χ2v) is 5.79. The first-order chi connectivity index (χ1) is 11.4. The Morgan fingerprint density at radius 2 is 1.67 bits per heavy atom. The van der Waals surface area contributed by atoms with E-state index in [4.69, 9.17) is 9.47 Å². The third-order valence-corrected chi connectivity index (χ3v) is 3.94. The number of hydrogen-bond acceptors (Lipinski definition) is 7. The van der Waals surface area contributed by atoms with Gasteiger partial charge in [-0.3, -0.25) is 4.79 Å². The van der Waals surface area contributed by atoms with E-state index in [9.17, 15) is 19.5 Å². The van der Waals surface area contributed by atoms with Gasteiger partial charge in [-0.1, -0.05) is 18.2 Å². The zero-order chi connectivity index (χ0) is 18.1. The summed E-state index contributed by atoms with van der Waals surface area (Å²) in [5, 5.41) is 9.92. The van der Waals surface area contributed by atoms with Crippen molar-refractivity contribution in [2.75, 3.05) is 13.2 Å². The molecule has 0 amide bonds. The molecule has 0 spiro atoms. The monoisotopic (exact) mass is 450 g/mol. The lowest BCUT2D eigenvalue weighted by molar-refractivity contribution is -0.183. The molecule has 1 aromatic rings. The maximum atomic E-state index is 12.1. The summed E-state index contributed by atoms with van der Waals surface area (Å²) in [5.74, 6) is -2.83. The van der Waals surface area contributed by atoms with Gasteiger partial charge in [-0.05, 0) is 48.1 Å². The first-order valence-electron chi connectivity index (χ1n) is 7.34. The highest BCUT2D eigenvalue weighted by Gasteiger charge is 2.38. The van der Waals surface area contributed by atoms with E-state index < -0.39 is 30.1 Å². The molecule has 0 aliphatic carbocycles. The molecule has 1 aromatic carbocycles. The normalized spacial score (nSPS) is 12.8. The van der Waals surface area contributed by atoms with E-state index in [0.717, 1.165) is 3.57 Å². The number of hydrogen-bond donors (Lipinski definition) is 1. The minimum Gasteiger partial charge on any atom is -0.464 e. The molecule has 0 radical (unpaired) electrons. The quantitative estimate of drug-likeness (QED) is 0.362. The topological polar surface area (TPSA) is 99.1 Å². The summed E-state index contributed by atoms with van der Waals surface area (Å²) >= 11 is 2.07. The van der Waals surface area contributed by atoms with E-state index in [1.807, 2.05) is 12.1 Å². The van der Waals surface area contributed by atoms with Gasteiger partial charge in [-0.15, -0.1) is 0 Å². The number of aliphatic hydroxyl groups is 1. The zero-order valence-corrected chi connectivity index (χ0v) is 15.5. The van der Waals surface area contributed by atoms with Gasteiger partial charge in [0.2, 0.25) is 6.10 Å². The van der Waals surface area contributed by atoms with Crippen LogP contribution in [0.15, 0.2) is 24.3 Å². The van der Waals surface area contributed by atoms with Crippen LogP contribution in [0.25, 0.3) is 0 Å². The molecule has 24 heavy (non-hydrogen) atoms. The largest absolute Gasteiger partial charge is 0.464 e. The van der Waals surface area contributed by atoms with Crippen LogP contribution in [0, 0.1) is 3.57 Å². The van der Waals surface area contributed by atoms with Crippen molar-refractivity contribution in [3.63, 3.8) is 0 Å². The van der Waals surface area contributed by atoms with Gasteiger partial charge in [-0.2, -0.15) is 0 Å². The highest BCUT2D eigenvalue weighted by atomic mass is 127. The third kappa shape index (κ3) is 6.08. The molecule has 0 aromatic heterocycles. The SMILES string of the molecule is CCOC(=O)[C@H](O)[C@@H](OC(=O)Cc1ccccc1I)C(=O)OCC. The van der Waals surface area contributed by atoms with Crippen LogP contribution in [0.2, 0.25) is 0 Å². The molecule has 0 bridgehead atoms. The van der Waals surface area contributed by atoms with Crippen LogP contribution in [0.1, 0.15) is 19.4 Å². The summed E-state index contributed by atoms with van der Waals surface area (Å²) in [6.07, 6.45) is -3.81. The molecule has 8 heteroatoms. The number of halogens is 1. The lowest BCUT2D eigenvalue weighted by Gasteiger charge is -2.20. The van der Waals surface area contributed by atoms with Gasteiger partial charge in [0.05, 0.1) is 19.6 Å². The summed E-state index contributed by atoms with van der Waals surface area (Å²) in [7, 11) is 0. The minimum absolute atomic E-state index is 0.0129. The number of benzene rings is 1. The minimum atomic E-state index is -1.94. The van der Waals surface area contributed by atoms with Gasteiger partial charge < -0.3 is 19.3 Å². The number of aliphatic hydroxyl groups excluding tert-OH is 1. The molecule has 0 aliphatic rings. The smallest absolute Gasteiger partial charge is 0.350 e. The predicted molar refractivity (Wildman–Crippen MR) is 92.0 cm³/mol. The van der Waals surface area contributed by atoms with Crippen molar-refractivity contribution in [3.05, 3.63) is 33.4 Å². The lowest BCUT2D eigenvalue weighted by Crippen LogP contribution is -2.45. The van der Waals surface area contributed by atoms with Crippen LogP contribution in [-0.4, -0.2) is 48.4 Å². The molecule has 132 valence electrons. The fraction of sp³-hybridized carbons (Fsp3) is 0.438. The molecule has 0 saturated heterocycles. The molecule has 0 heterocycles. The van der Waals surface area contributed by atoms with Crippen LogP contribution < -0.4 is 0 Å². The molecule has 0 unspecified atom stereocenters. The highest BCUT2D eigenvalue weighted by molar-refractivity contribution is 14.1. The Labute approximate surface area is 153 Å². The molecule has 0 fully saturated rings. The third-order valence-electron chi connectivity index (χ3n) is 2.88. The van der Waals surface area contributed by atoms with Crippen molar-refractivity contribution >= 4 is 40.5 Å². The molecule has 0 saturated carbocycles. The summed E-state index contributed by atoms with van der Waals surface area (Å²) in [5.41, 5.74) is 0.705. The van der Waals surface area contributed by atoms with E-state index in [1.54, 1.807) is 26.0 Å². The van der Waals surface area contributed by atoms with Crippen LogP contribution in [-0.2, 0) is 35.0 Å². The highest BCUT2D eigenvalue weighted by Crippen LogP contribution is 2.14. The fourth-order valence-electron chi connectivity index (χ4n) is 1.80. The maximum absolute atomic E-state index is 12.1. The Morgan fingerprint density at radius 3 is 2.25 bits per heavy atom.